The Balaban J connectivity index is 2.08. The van der Waals surface area contributed by atoms with Gasteiger partial charge in [0.1, 0.15) is 0 Å². The van der Waals surface area contributed by atoms with Crippen molar-refractivity contribution in [1.29, 1.82) is 0 Å². The smallest absolute Gasteiger partial charge is 0.314 e. The van der Waals surface area contributed by atoms with Crippen LogP contribution < -0.4 is 5.32 Å². The standard InChI is InChI=1S/C13H20N4O2/c1-3-16-8-5-11(6-9-16)15-13-12(17(18)19)10(2)4-7-14-13/h4,7,11H,3,5-6,8-9H2,1-2H3,(H,14,15). The Labute approximate surface area is 113 Å². The van der Waals surface area contributed by atoms with Gasteiger partial charge in [-0.3, -0.25) is 10.1 Å². The number of likely N-dealkylation sites (tertiary alicyclic amines) is 1. The van der Waals surface area contributed by atoms with Gasteiger partial charge in [-0.15, -0.1) is 0 Å². The summed E-state index contributed by atoms with van der Waals surface area (Å²) in [6, 6.07) is 1.94. The van der Waals surface area contributed by atoms with E-state index in [-0.39, 0.29) is 16.7 Å². The molecular formula is C13H20N4O2. The minimum Gasteiger partial charge on any atom is -0.362 e. The summed E-state index contributed by atoms with van der Waals surface area (Å²) in [4.78, 5) is 17.3. The fraction of sp³-hybridized carbons (Fsp3) is 0.615. The minimum atomic E-state index is -0.355. The van der Waals surface area contributed by atoms with E-state index in [1.165, 1.54) is 0 Å². The van der Waals surface area contributed by atoms with Gasteiger partial charge in [0.2, 0.25) is 5.82 Å². The lowest BCUT2D eigenvalue weighted by Crippen LogP contribution is -2.39. The quantitative estimate of drug-likeness (QED) is 0.666. The second kappa shape index (κ2) is 5.97. The van der Waals surface area contributed by atoms with Gasteiger partial charge in [-0.2, -0.15) is 0 Å². The lowest BCUT2D eigenvalue weighted by molar-refractivity contribution is -0.384. The zero-order valence-corrected chi connectivity index (χ0v) is 11.4. The number of pyridine rings is 1. The van der Waals surface area contributed by atoms with Crippen molar-refractivity contribution in [3.63, 3.8) is 0 Å². The number of anilines is 1. The molecule has 1 fully saturated rings. The second-order valence-electron chi connectivity index (χ2n) is 4.94. The molecule has 0 saturated carbocycles. The first-order valence-electron chi connectivity index (χ1n) is 6.70. The molecule has 0 radical (unpaired) electrons. The molecule has 6 nitrogen and oxygen atoms in total. The highest BCUT2D eigenvalue weighted by Crippen LogP contribution is 2.27. The molecule has 1 aliphatic heterocycles. The van der Waals surface area contributed by atoms with E-state index in [0.29, 0.717) is 11.4 Å². The van der Waals surface area contributed by atoms with E-state index < -0.39 is 0 Å². The van der Waals surface area contributed by atoms with Crippen molar-refractivity contribution in [2.45, 2.75) is 32.7 Å². The molecule has 0 atom stereocenters. The number of piperidine rings is 1. The lowest BCUT2D eigenvalue weighted by atomic mass is 10.0. The van der Waals surface area contributed by atoms with Crippen LogP contribution in [0.2, 0.25) is 0 Å². The maximum atomic E-state index is 11.1. The van der Waals surface area contributed by atoms with Crippen molar-refractivity contribution in [3.05, 3.63) is 27.9 Å². The van der Waals surface area contributed by atoms with Gasteiger partial charge in [0.15, 0.2) is 0 Å². The van der Waals surface area contributed by atoms with Crippen molar-refractivity contribution >= 4 is 11.5 Å². The van der Waals surface area contributed by atoms with Gasteiger partial charge in [0, 0.05) is 30.9 Å². The Morgan fingerprint density at radius 2 is 2.21 bits per heavy atom. The molecule has 0 amide bonds. The maximum absolute atomic E-state index is 11.1. The second-order valence-corrected chi connectivity index (χ2v) is 4.94. The normalized spacial score (nSPS) is 17.4. The predicted octanol–water partition coefficient (Wildman–Crippen LogP) is 2.19. The zero-order chi connectivity index (χ0) is 13.8. The fourth-order valence-corrected chi connectivity index (χ4v) is 2.47. The maximum Gasteiger partial charge on any atom is 0.314 e. The average molecular weight is 264 g/mol. The first-order valence-corrected chi connectivity index (χ1v) is 6.70. The van der Waals surface area contributed by atoms with E-state index in [0.717, 1.165) is 32.5 Å². The van der Waals surface area contributed by atoms with Crippen LogP contribution in [0.5, 0.6) is 0 Å². The largest absolute Gasteiger partial charge is 0.362 e. The van der Waals surface area contributed by atoms with E-state index in [4.69, 9.17) is 0 Å². The number of rotatable bonds is 4. The fourth-order valence-electron chi connectivity index (χ4n) is 2.47. The van der Waals surface area contributed by atoms with Crippen molar-refractivity contribution in [2.75, 3.05) is 25.0 Å². The van der Waals surface area contributed by atoms with E-state index in [1.807, 2.05) is 0 Å². The molecule has 2 heterocycles. The number of nitro groups is 1. The molecule has 0 aliphatic carbocycles. The molecule has 104 valence electrons. The molecule has 0 aromatic carbocycles. The van der Waals surface area contributed by atoms with Gasteiger partial charge >= 0.3 is 5.69 Å². The van der Waals surface area contributed by atoms with Gasteiger partial charge in [-0.1, -0.05) is 6.92 Å². The molecule has 2 rings (SSSR count). The third-order valence-corrected chi connectivity index (χ3v) is 3.68. The topological polar surface area (TPSA) is 71.3 Å². The molecule has 0 bridgehead atoms. The third-order valence-electron chi connectivity index (χ3n) is 3.68. The summed E-state index contributed by atoms with van der Waals surface area (Å²) in [6.45, 7) is 7.03. The number of aryl methyl sites for hydroxylation is 1. The number of nitrogens with one attached hydrogen (secondary N) is 1. The van der Waals surface area contributed by atoms with Gasteiger partial charge in [0.05, 0.1) is 4.92 Å². The molecule has 1 aliphatic rings. The van der Waals surface area contributed by atoms with E-state index in [2.05, 4.69) is 22.1 Å². The van der Waals surface area contributed by atoms with Gasteiger partial charge < -0.3 is 10.2 Å². The molecule has 0 unspecified atom stereocenters. The third kappa shape index (κ3) is 3.20. The number of nitrogens with zero attached hydrogens (tertiary/aromatic N) is 3. The Morgan fingerprint density at radius 1 is 1.53 bits per heavy atom. The predicted molar refractivity (Wildman–Crippen MR) is 74.4 cm³/mol. The number of hydrogen-bond donors (Lipinski definition) is 1. The Morgan fingerprint density at radius 3 is 2.79 bits per heavy atom. The molecule has 1 saturated heterocycles. The Bertz CT molecular complexity index is 456. The molecular weight excluding hydrogens is 244 g/mol. The average Bonchev–Trinajstić information content (AvgIpc) is 2.39. The molecule has 6 heteroatoms. The minimum absolute atomic E-state index is 0.0976. The summed E-state index contributed by atoms with van der Waals surface area (Å²) in [5, 5.41) is 14.3. The van der Waals surface area contributed by atoms with Crippen LogP contribution in [-0.2, 0) is 0 Å². The van der Waals surface area contributed by atoms with Crippen LogP contribution in [0.25, 0.3) is 0 Å². The van der Waals surface area contributed by atoms with Gasteiger partial charge in [-0.05, 0) is 32.4 Å². The van der Waals surface area contributed by atoms with Gasteiger partial charge in [-0.25, -0.2) is 4.98 Å². The SMILES string of the molecule is CCN1CCC(Nc2nccc(C)c2[N+](=O)[O-])CC1. The first kappa shape index (κ1) is 13.7. The summed E-state index contributed by atoms with van der Waals surface area (Å²) in [5.41, 5.74) is 0.744. The van der Waals surface area contributed by atoms with Crippen molar-refractivity contribution in [3.8, 4) is 0 Å². The molecule has 1 N–H and O–H groups in total. The molecule has 1 aromatic rings. The lowest BCUT2D eigenvalue weighted by Gasteiger charge is -2.31. The zero-order valence-electron chi connectivity index (χ0n) is 11.4. The molecule has 19 heavy (non-hydrogen) atoms. The van der Waals surface area contributed by atoms with E-state index in [1.54, 1.807) is 19.2 Å². The van der Waals surface area contributed by atoms with Crippen molar-refractivity contribution < 1.29 is 4.92 Å². The van der Waals surface area contributed by atoms with E-state index in [9.17, 15) is 10.1 Å². The molecule has 0 spiro atoms. The summed E-state index contributed by atoms with van der Waals surface area (Å²) < 4.78 is 0. The van der Waals surface area contributed by atoms with Crippen LogP contribution in [0.4, 0.5) is 11.5 Å². The van der Waals surface area contributed by atoms with E-state index >= 15 is 0 Å². The van der Waals surface area contributed by atoms with Crippen molar-refractivity contribution in [1.82, 2.24) is 9.88 Å². The van der Waals surface area contributed by atoms with Gasteiger partial charge in [0.25, 0.3) is 0 Å². The Kier molecular flexibility index (Phi) is 4.31. The van der Waals surface area contributed by atoms with Crippen molar-refractivity contribution in [2.24, 2.45) is 0 Å². The summed E-state index contributed by atoms with van der Waals surface area (Å²) in [7, 11) is 0. The van der Waals surface area contributed by atoms with Crippen LogP contribution in [0.3, 0.4) is 0 Å². The monoisotopic (exact) mass is 264 g/mol. The van der Waals surface area contributed by atoms with Crippen LogP contribution >= 0.6 is 0 Å². The summed E-state index contributed by atoms with van der Waals surface area (Å²) >= 11 is 0. The highest BCUT2D eigenvalue weighted by atomic mass is 16.6. The summed E-state index contributed by atoms with van der Waals surface area (Å²) in [5.74, 6) is 0.403. The summed E-state index contributed by atoms with van der Waals surface area (Å²) in [6.07, 6.45) is 3.62. The Hall–Kier alpha value is -1.69. The highest BCUT2D eigenvalue weighted by Gasteiger charge is 2.23. The molecule has 1 aromatic heterocycles. The highest BCUT2D eigenvalue weighted by molar-refractivity contribution is 5.60. The van der Waals surface area contributed by atoms with Crippen LogP contribution in [0.15, 0.2) is 12.3 Å². The number of hydrogen-bond acceptors (Lipinski definition) is 5. The van der Waals surface area contributed by atoms with Crippen LogP contribution in [-0.4, -0.2) is 40.5 Å². The van der Waals surface area contributed by atoms with Crippen LogP contribution in [0, 0.1) is 17.0 Å². The van der Waals surface area contributed by atoms with Crippen LogP contribution in [0.1, 0.15) is 25.3 Å². The number of aromatic nitrogens is 1. The first-order chi connectivity index (χ1) is 9.11.